The van der Waals surface area contributed by atoms with Gasteiger partial charge in [-0.2, -0.15) is 0 Å². The van der Waals surface area contributed by atoms with Gasteiger partial charge in [0.25, 0.3) is 0 Å². The van der Waals surface area contributed by atoms with Crippen molar-refractivity contribution in [3.63, 3.8) is 0 Å². The van der Waals surface area contributed by atoms with Gasteiger partial charge in [-0.05, 0) is 18.4 Å². The van der Waals surface area contributed by atoms with Gasteiger partial charge in [-0.1, -0.05) is 37.1 Å². The van der Waals surface area contributed by atoms with E-state index in [0.717, 1.165) is 30.8 Å². The van der Waals surface area contributed by atoms with E-state index < -0.39 is 0 Å². The lowest BCUT2D eigenvalue weighted by Crippen LogP contribution is -2.47. The Labute approximate surface area is 107 Å². The van der Waals surface area contributed by atoms with Gasteiger partial charge in [0.15, 0.2) is 0 Å². The zero-order valence-electron chi connectivity index (χ0n) is 10.3. The first-order chi connectivity index (χ1) is 8.84. The van der Waals surface area contributed by atoms with Crippen molar-refractivity contribution in [2.24, 2.45) is 10.9 Å². The van der Waals surface area contributed by atoms with Gasteiger partial charge in [0, 0.05) is 5.56 Å². The molecule has 92 valence electrons. The van der Waals surface area contributed by atoms with E-state index in [0.29, 0.717) is 5.91 Å². The van der Waals surface area contributed by atoms with Crippen LogP contribution in [0.4, 0.5) is 0 Å². The Bertz CT molecular complexity index is 549. The molecule has 0 radical (unpaired) electrons. The van der Waals surface area contributed by atoms with Crippen LogP contribution in [0.15, 0.2) is 29.3 Å². The molecule has 1 fully saturated rings. The summed E-state index contributed by atoms with van der Waals surface area (Å²) in [5.74, 6) is 1.39. The van der Waals surface area contributed by atoms with Crippen LogP contribution >= 0.6 is 0 Å². The first-order valence-electron chi connectivity index (χ1n) is 6.82. The molecule has 1 aliphatic carbocycles. The fourth-order valence-corrected chi connectivity index (χ4v) is 3.50. The zero-order valence-corrected chi connectivity index (χ0v) is 10.3. The maximum atomic E-state index is 12.6. The minimum atomic E-state index is 0.150. The molecule has 0 N–H and O–H groups in total. The van der Waals surface area contributed by atoms with E-state index in [1.807, 2.05) is 17.0 Å². The number of fused-ring (bicyclic) bond motifs is 4. The van der Waals surface area contributed by atoms with Crippen LogP contribution in [-0.2, 0) is 11.3 Å². The largest absolute Gasteiger partial charge is 0.292 e. The Morgan fingerprint density at radius 3 is 2.94 bits per heavy atom. The molecule has 1 saturated carbocycles. The number of amidine groups is 1. The summed E-state index contributed by atoms with van der Waals surface area (Å²) >= 11 is 0. The van der Waals surface area contributed by atoms with Gasteiger partial charge >= 0.3 is 0 Å². The van der Waals surface area contributed by atoms with Crippen LogP contribution in [0, 0.1) is 5.92 Å². The minimum absolute atomic E-state index is 0.150. The molecule has 0 spiro atoms. The Kier molecular flexibility index (Phi) is 2.10. The highest BCUT2D eigenvalue weighted by molar-refractivity contribution is 6.13. The molecule has 4 rings (SSSR count). The quantitative estimate of drug-likeness (QED) is 0.685. The van der Waals surface area contributed by atoms with Crippen LogP contribution in [0.25, 0.3) is 0 Å². The van der Waals surface area contributed by atoms with Crippen LogP contribution in [0.2, 0.25) is 0 Å². The smallest absolute Gasteiger partial charge is 0.233 e. The van der Waals surface area contributed by atoms with Crippen LogP contribution in [0.5, 0.6) is 0 Å². The molecule has 2 aliphatic heterocycles. The van der Waals surface area contributed by atoms with Gasteiger partial charge < -0.3 is 0 Å². The lowest BCUT2D eigenvalue weighted by atomic mass is 9.83. The van der Waals surface area contributed by atoms with Crippen molar-refractivity contribution in [2.45, 2.75) is 38.3 Å². The average molecular weight is 240 g/mol. The molecular weight excluding hydrogens is 224 g/mol. The highest BCUT2D eigenvalue weighted by atomic mass is 16.2. The van der Waals surface area contributed by atoms with E-state index in [9.17, 15) is 4.79 Å². The third-order valence-corrected chi connectivity index (χ3v) is 4.44. The van der Waals surface area contributed by atoms with Crippen molar-refractivity contribution in [1.82, 2.24) is 4.90 Å². The molecule has 18 heavy (non-hydrogen) atoms. The first kappa shape index (κ1) is 10.3. The van der Waals surface area contributed by atoms with Gasteiger partial charge in [-0.15, -0.1) is 0 Å². The van der Waals surface area contributed by atoms with Crippen molar-refractivity contribution in [3.8, 4) is 0 Å². The predicted molar refractivity (Wildman–Crippen MR) is 69.3 cm³/mol. The molecule has 2 heterocycles. The average Bonchev–Trinajstić information content (AvgIpc) is 2.79. The maximum Gasteiger partial charge on any atom is 0.233 e. The van der Waals surface area contributed by atoms with Crippen molar-refractivity contribution in [2.75, 3.05) is 0 Å². The number of hydrogen-bond donors (Lipinski definition) is 0. The van der Waals surface area contributed by atoms with E-state index >= 15 is 0 Å². The number of aliphatic imine (C=N–C) groups is 1. The zero-order chi connectivity index (χ0) is 12.1. The van der Waals surface area contributed by atoms with Crippen LogP contribution < -0.4 is 0 Å². The van der Waals surface area contributed by atoms with E-state index in [-0.39, 0.29) is 12.0 Å². The van der Waals surface area contributed by atoms with Crippen molar-refractivity contribution in [3.05, 3.63) is 35.4 Å². The number of rotatable bonds is 0. The molecule has 1 aromatic rings. The summed E-state index contributed by atoms with van der Waals surface area (Å²) in [7, 11) is 0. The lowest BCUT2D eigenvalue weighted by molar-refractivity contribution is -0.134. The number of carbonyl (C=O) groups excluding carboxylic acids is 1. The molecule has 3 heteroatoms. The van der Waals surface area contributed by atoms with Crippen LogP contribution in [0.3, 0.4) is 0 Å². The van der Waals surface area contributed by atoms with Gasteiger partial charge in [-0.3, -0.25) is 14.7 Å². The Balaban J connectivity index is 1.81. The van der Waals surface area contributed by atoms with Gasteiger partial charge in [0.05, 0.1) is 18.5 Å². The molecular formula is C15H16N2O. The van der Waals surface area contributed by atoms with Crippen molar-refractivity contribution >= 4 is 11.7 Å². The Hall–Kier alpha value is -1.64. The fourth-order valence-electron chi connectivity index (χ4n) is 3.50. The summed E-state index contributed by atoms with van der Waals surface area (Å²) in [5.41, 5.74) is 2.40. The summed E-state index contributed by atoms with van der Waals surface area (Å²) in [6.45, 7) is 0.719. The number of hydrogen-bond acceptors (Lipinski definition) is 2. The number of amides is 1. The second-order valence-corrected chi connectivity index (χ2v) is 5.49. The van der Waals surface area contributed by atoms with Gasteiger partial charge in [-0.25, -0.2) is 0 Å². The first-order valence-corrected chi connectivity index (χ1v) is 6.82. The molecule has 0 saturated heterocycles. The van der Waals surface area contributed by atoms with E-state index in [4.69, 9.17) is 4.99 Å². The van der Waals surface area contributed by atoms with E-state index in [1.54, 1.807) is 0 Å². The van der Waals surface area contributed by atoms with Gasteiger partial charge in [0.1, 0.15) is 5.84 Å². The summed E-state index contributed by atoms with van der Waals surface area (Å²) in [5, 5.41) is 0. The molecule has 0 bridgehead atoms. The SMILES string of the molecule is O=C1C2CCCCC2N=C2c3ccccc3CN12. The third-order valence-electron chi connectivity index (χ3n) is 4.44. The maximum absolute atomic E-state index is 12.6. The van der Waals surface area contributed by atoms with Crippen LogP contribution in [0.1, 0.15) is 36.8 Å². The van der Waals surface area contributed by atoms with Gasteiger partial charge in [0.2, 0.25) is 5.91 Å². The second kappa shape index (κ2) is 3.67. The second-order valence-electron chi connectivity index (χ2n) is 5.49. The highest BCUT2D eigenvalue weighted by Crippen LogP contribution is 2.36. The molecule has 3 nitrogen and oxygen atoms in total. The van der Waals surface area contributed by atoms with E-state index in [2.05, 4.69) is 12.1 Å². The van der Waals surface area contributed by atoms with E-state index in [1.165, 1.54) is 18.4 Å². The number of nitrogens with zero attached hydrogens (tertiary/aromatic N) is 2. The molecule has 0 aromatic heterocycles. The topological polar surface area (TPSA) is 32.7 Å². The highest BCUT2D eigenvalue weighted by Gasteiger charge is 2.42. The predicted octanol–water partition coefficient (Wildman–Crippen LogP) is 2.35. The summed E-state index contributed by atoms with van der Waals surface area (Å²) in [4.78, 5) is 19.3. The Morgan fingerprint density at radius 2 is 2.00 bits per heavy atom. The van der Waals surface area contributed by atoms with Crippen LogP contribution in [-0.4, -0.2) is 22.7 Å². The Morgan fingerprint density at radius 1 is 1.17 bits per heavy atom. The minimum Gasteiger partial charge on any atom is -0.292 e. The number of carbonyl (C=O) groups is 1. The summed E-state index contributed by atoms with van der Waals surface area (Å²) < 4.78 is 0. The molecule has 2 atom stereocenters. The monoisotopic (exact) mass is 240 g/mol. The lowest BCUT2D eigenvalue weighted by Gasteiger charge is -2.36. The normalized spacial score (nSPS) is 29.4. The number of benzene rings is 1. The molecule has 1 aromatic carbocycles. The molecule has 1 amide bonds. The summed E-state index contributed by atoms with van der Waals surface area (Å²) in [6.07, 6.45) is 4.49. The fraction of sp³-hybridized carbons (Fsp3) is 0.467. The summed E-state index contributed by atoms with van der Waals surface area (Å²) in [6, 6.07) is 8.50. The molecule has 3 aliphatic rings. The van der Waals surface area contributed by atoms with Crippen molar-refractivity contribution < 1.29 is 4.79 Å². The van der Waals surface area contributed by atoms with Crippen molar-refractivity contribution in [1.29, 1.82) is 0 Å². The molecule has 2 unspecified atom stereocenters. The third kappa shape index (κ3) is 1.30. The standard InChI is InChI=1S/C15H16N2O/c18-15-12-7-3-4-8-13(12)16-14-11-6-2-1-5-10(11)9-17(14)15/h1-2,5-6,12-13H,3-4,7-9H2.